The van der Waals surface area contributed by atoms with Gasteiger partial charge >= 0.3 is 0 Å². The fourth-order valence-corrected chi connectivity index (χ4v) is 3.79. The zero-order valence-electron chi connectivity index (χ0n) is 12.4. The molecule has 0 N–H and O–H groups in total. The molecule has 6 heteroatoms. The van der Waals surface area contributed by atoms with Gasteiger partial charge in [0.15, 0.2) is 5.82 Å². The number of halogens is 1. The summed E-state index contributed by atoms with van der Waals surface area (Å²) in [6, 6.07) is 8.29. The number of hydrogen-bond donors (Lipinski definition) is 0. The number of fused-ring (bicyclic) bond motifs is 1. The van der Waals surface area contributed by atoms with Gasteiger partial charge in [0.1, 0.15) is 6.33 Å². The zero-order valence-corrected chi connectivity index (χ0v) is 13.1. The second-order valence-corrected chi connectivity index (χ2v) is 6.33. The van der Waals surface area contributed by atoms with Crippen LogP contribution in [-0.2, 0) is 11.4 Å². The van der Waals surface area contributed by atoms with Crippen LogP contribution in [0.25, 0.3) is 11.4 Å². The first-order valence-electron chi connectivity index (χ1n) is 7.81. The smallest absolute Gasteiger partial charge is 0.160 e. The predicted octanol–water partition coefficient (Wildman–Crippen LogP) is 2.81. The summed E-state index contributed by atoms with van der Waals surface area (Å²) < 4.78 is 7.82. The summed E-state index contributed by atoms with van der Waals surface area (Å²) in [5.74, 6) is 0.826. The zero-order chi connectivity index (χ0) is 14.9. The number of hydrogen-bond acceptors (Lipinski definition) is 4. The van der Waals surface area contributed by atoms with Crippen molar-refractivity contribution >= 4 is 11.6 Å². The summed E-state index contributed by atoms with van der Waals surface area (Å²) in [5.41, 5.74) is 0.929. The Hall–Kier alpha value is -1.43. The van der Waals surface area contributed by atoms with E-state index in [1.54, 1.807) is 6.33 Å². The van der Waals surface area contributed by atoms with Crippen LogP contribution in [0.2, 0.25) is 5.02 Å². The number of aromatic nitrogens is 3. The molecule has 2 atom stereocenters. The second kappa shape index (κ2) is 5.99. The van der Waals surface area contributed by atoms with Crippen molar-refractivity contribution in [3.8, 4) is 11.4 Å². The van der Waals surface area contributed by atoms with E-state index in [4.69, 9.17) is 16.3 Å². The maximum atomic E-state index is 6.30. The molecule has 1 aliphatic carbocycles. The minimum atomic E-state index is 0.390. The molecule has 0 radical (unpaired) electrons. The van der Waals surface area contributed by atoms with E-state index >= 15 is 0 Å². The fraction of sp³-hybridized carbons (Fsp3) is 0.500. The standard InChI is InChI=1S/C16H19ClN4O/c17-13-5-2-1-4-12(13)16-18-10-19-21(16)11-20-8-9-22-15-7-3-6-14(15)20/h1-2,4-5,10,14-15H,3,6-9,11H2/t14-,15+/m1/s1. The molecule has 2 aromatic rings. The molecule has 2 aliphatic rings. The normalized spacial score (nSPS) is 25.3. The average Bonchev–Trinajstić information content (AvgIpc) is 3.17. The molecule has 4 rings (SSSR count). The Morgan fingerprint density at radius 3 is 3.09 bits per heavy atom. The third-order valence-electron chi connectivity index (χ3n) is 4.64. The van der Waals surface area contributed by atoms with Crippen molar-refractivity contribution in [1.29, 1.82) is 0 Å². The molecule has 1 saturated heterocycles. The lowest BCUT2D eigenvalue weighted by Gasteiger charge is -2.37. The van der Waals surface area contributed by atoms with E-state index in [0.717, 1.165) is 31.2 Å². The van der Waals surface area contributed by atoms with E-state index in [1.165, 1.54) is 19.3 Å². The van der Waals surface area contributed by atoms with Crippen molar-refractivity contribution in [1.82, 2.24) is 19.7 Å². The highest BCUT2D eigenvalue weighted by Gasteiger charge is 2.36. The molecule has 1 aliphatic heterocycles. The predicted molar refractivity (Wildman–Crippen MR) is 84.6 cm³/mol. The molecule has 0 unspecified atom stereocenters. The first-order valence-corrected chi connectivity index (χ1v) is 8.19. The first kappa shape index (κ1) is 14.2. The number of morpholine rings is 1. The number of nitrogens with zero attached hydrogens (tertiary/aromatic N) is 4. The Morgan fingerprint density at radius 1 is 1.27 bits per heavy atom. The lowest BCUT2D eigenvalue weighted by atomic mass is 10.1. The fourth-order valence-electron chi connectivity index (χ4n) is 3.57. The van der Waals surface area contributed by atoms with Gasteiger partial charge in [-0.3, -0.25) is 4.90 Å². The quantitative estimate of drug-likeness (QED) is 0.873. The molecule has 2 heterocycles. The van der Waals surface area contributed by atoms with Crippen LogP contribution in [0.3, 0.4) is 0 Å². The van der Waals surface area contributed by atoms with Crippen LogP contribution < -0.4 is 0 Å². The van der Waals surface area contributed by atoms with Crippen LogP contribution in [0.5, 0.6) is 0 Å². The molecule has 2 fully saturated rings. The minimum Gasteiger partial charge on any atom is -0.375 e. The number of ether oxygens (including phenoxy) is 1. The summed E-state index contributed by atoms with van der Waals surface area (Å²) in [6.45, 7) is 2.49. The van der Waals surface area contributed by atoms with Gasteiger partial charge in [0.2, 0.25) is 0 Å². The van der Waals surface area contributed by atoms with Crippen molar-refractivity contribution in [2.45, 2.75) is 38.1 Å². The van der Waals surface area contributed by atoms with Crippen molar-refractivity contribution in [3.05, 3.63) is 35.6 Å². The average molecular weight is 319 g/mol. The van der Waals surface area contributed by atoms with Crippen LogP contribution >= 0.6 is 11.6 Å². The highest BCUT2D eigenvalue weighted by atomic mass is 35.5. The van der Waals surface area contributed by atoms with Crippen molar-refractivity contribution in [2.24, 2.45) is 0 Å². The summed E-state index contributed by atoms with van der Waals surface area (Å²) >= 11 is 6.30. The summed E-state index contributed by atoms with van der Waals surface area (Å²) in [7, 11) is 0. The molecule has 22 heavy (non-hydrogen) atoms. The molecule has 0 spiro atoms. The van der Waals surface area contributed by atoms with Crippen LogP contribution in [0.4, 0.5) is 0 Å². The minimum absolute atomic E-state index is 0.390. The van der Waals surface area contributed by atoms with Gasteiger partial charge in [0, 0.05) is 18.2 Å². The molecular weight excluding hydrogens is 300 g/mol. The lowest BCUT2D eigenvalue weighted by molar-refractivity contribution is -0.0679. The van der Waals surface area contributed by atoms with Gasteiger partial charge in [0.25, 0.3) is 0 Å². The molecule has 0 amide bonds. The van der Waals surface area contributed by atoms with E-state index in [1.807, 2.05) is 28.9 Å². The number of benzene rings is 1. The molecular formula is C16H19ClN4O. The molecule has 116 valence electrons. The van der Waals surface area contributed by atoms with E-state index in [0.29, 0.717) is 17.2 Å². The molecule has 1 aromatic carbocycles. The molecule has 1 saturated carbocycles. The Morgan fingerprint density at radius 2 is 2.18 bits per heavy atom. The Bertz CT molecular complexity index is 659. The summed E-state index contributed by atoms with van der Waals surface area (Å²) in [6.07, 6.45) is 5.63. The highest BCUT2D eigenvalue weighted by molar-refractivity contribution is 6.33. The van der Waals surface area contributed by atoms with Crippen molar-refractivity contribution < 1.29 is 4.74 Å². The van der Waals surface area contributed by atoms with E-state index in [2.05, 4.69) is 15.0 Å². The van der Waals surface area contributed by atoms with Crippen LogP contribution in [0.15, 0.2) is 30.6 Å². The van der Waals surface area contributed by atoms with Gasteiger partial charge in [-0.2, -0.15) is 5.10 Å². The summed E-state index contributed by atoms with van der Waals surface area (Å²) in [4.78, 5) is 6.88. The third kappa shape index (κ3) is 2.53. The molecule has 1 aromatic heterocycles. The largest absolute Gasteiger partial charge is 0.375 e. The monoisotopic (exact) mass is 318 g/mol. The van der Waals surface area contributed by atoms with Crippen molar-refractivity contribution in [3.63, 3.8) is 0 Å². The SMILES string of the molecule is Clc1ccccc1-c1ncnn1CN1CCO[C@H]2CCC[C@H]21. The molecule has 0 bridgehead atoms. The third-order valence-corrected chi connectivity index (χ3v) is 4.97. The summed E-state index contributed by atoms with van der Waals surface area (Å²) in [5, 5.41) is 5.11. The Labute approximate surface area is 134 Å². The van der Waals surface area contributed by atoms with Crippen LogP contribution in [0, 0.1) is 0 Å². The maximum absolute atomic E-state index is 6.30. The lowest BCUT2D eigenvalue weighted by Crippen LogP contribution is -2.49. The van der Waals surface area contributed by atoms with Gasteiger partial charge in [-0.1, -0.05) is 23.7 Å². The number of rotatable bonds is 3. The van der Waals surface area contributed by atoms with Crippen molar-refractivity contribution in [2.75, 3.05) is 13.2 Å². The topological polar surface area (TPSA) is 43.2 Å². The van der Waals surface area contributed by atoms with Crippen LogP contribution in [0.1, 0.15) is 19.3 Å². The van der Waals surface area contributed by atoms with Gasteiger partial charge in [-0.15, -0.1) is 0 Å². The van der Waals surface area contributed by atoms with Gasteiger partial charge in [-0.05, 0) is 31.4 Å². The Balaban J connectivity index is 1.59. The van der Waals surface area contributed by atoms with E-state index in [-0.39, 0.29) is 0 Å². The van der Waals surface area contributed by atoms with E-state index in [9.17, 15) is 0 Å². The Kier molecular flexibility index (Phi) is 3.86. The van der Waals surface area contributed by atoms with E-state index < -0.39 is 0 Å². The van der Waals surface area contributed by atoms with Gasteiger partial charge in [-0.25, -0.2) is 9.67 Å². The van der Waals surface area contributed by atoms with Gasteiger partial charge in [0.05, 0.1) is 24.4 Å². The second-order valence-electron chi connectivity index (χ2n) is 5.92. The molecule has 5 nitrogen and oxygen atoms in total. The highest BCUT2D eigenvalue weighted by Crippen LogP contribution is 2.31. The first-order chi connectivity index (χ1) is 10.8. The van der Waals surface area contributed by atoms with Crippen LogP contribution in [-0.4, -0.2) is 45.0 Å². The maximum Gasteiger partial charge on any atom is 0.160 e. The van der Waals surface area contributed by atoms with Gasteiger partial charge < -0.3 is 4.74 Å².